The number of benzene rings is 3. The van der Waals surface area contributed by atoms with Crippen LogP contribution in [-0.2, 0) is 16.4 Å². The number of aromatic amines is 1. The van der Waals surface area contributed by atoms with Crippen LogP contribution in [-0.4, -0.2) is 77.4 Å². The number of pyridine rings is 2. The van der Waals surface area contributed by atoms with Crippen molar-refractivity contribution >= 4 is 44.0 Å². The summed E-state index contributed by atoms with van der Waals surface area (Å²) in [6, 6.07) is 28.9. The van der Waals surface area contributed by atoms with E-state index in [1.165, 1.54) is 37.4 Å². The Labute approximate surface area is 364 Å². The van der Waals surface area contributed by atoms with Crippen molar-refractivity contribution in [1.82, 2.24) is 24.6 Å². The highest BCUT2D eigenvalue weighted by molar-refractivity contribution is 7.90. The fourth-order valence-corrected chi connectivity index (χ4v) is 11.2. The number of anilines is 2. The molecular weight excluding hydrogens is 821 g/mol. The summed E-state index contributed by atoms with van der Waals surface area (Å²) in [7, 11) is -4.75. The normalized spacial score (nSPS) is 20.6. The van der Waals surface area contributed by atoms with Crippen LogP contribution in [0.15, 0.2) is 108 Å². The topological polar surface area (TPSA) is 185 Å². The average Bonchev–Trinajstić information content (AvgIpc) is 3.80. The van der Waals surface area contributed by atoms with Crippen molar-refractivity contribution < 1.29 is 27.6 Å². The van der Waals surface area contributed by atoms with Crippen LogP contribution in [0.2, 0.25) is 0 Å². The molecule has 1 spiro atoms. The van der Waals surface area contributed by atoms with Gasteiger partial charge in [-0.2, -0.15) is 13.4 Å². The fraction of sp³-hybridized carbons (Fsp3) is 0.340. The number of amides is 1. The van der Waals surface area contributed by atoms with Gasteiger partial charge in [0, 0.05) is 53.9 Å². The molecule has 0 bridgehead atoms. The van der Waals surface area contributed by atoms with Crippen molar-refractivity contribution in [1.29, 1.82) is 0 Å². The number of H-pyrrole nitrogens is 1. The van der Waals surface area contributed by atoms with E-state index in [2.05, 4.69) is 59.1 Å². The number of hydrogen-bond acceptors (Lipinski definition) is 12. The Morgan fingerprint density at radius 3 is 2.57 bits per heavy atom. The lowest BCUT2D eigenvalue weighted by atomic mass is 9.60. The Kier molecular flexibility index (Phi) is 9.60. The summed E-state index contributed by atoms with van der Waals surface area (Å²) in [5.41, 5.74) is 5.16. The third-order valence-corrected chi connectivity index (χ3v) is 14.7. The van der Waals surface area contributed by atoms with E-state index >= 15 is 0 Å². The van der Waals surface area contributed by atoms with Crippen LogP contribution in [0.3, 0.4) is 0 Å². The van der Waals surface area contributed by atoms with Gasteiger partial charge in [0.05, 0.1) is 28.8 Å². The first kappa shape index (κ1) is 39.3. The number of rotatable bonds is 12. The third-order valence-electron chi connectivity index (χ3n) is 13.4. The van der Waals surface area contributed by atoms with Gasteiger partial charge < -0.3 is 24.7 Å². The molecule has 2 saturated heterocycles. The number of hydrogen-bond donors (Lipinski definition) is 3. The van der Waals surface area contributed by atoms with Crippen LogP contribution < -0.4 is 24.4 Å². The minimum absolute atomic E-state index is 0.0307. The number of nitro groups is 1. The quantitative estimate of drug-likeness (QED) is 0.0800. The van der Waals surface area contributed by atoms with E-state index in [4.69, 9.17) is 9.47 Å². The van der Waals surface area contributed by atoms with Crippen LogP contribution >= 0.6 is 0 Å². The first-order valence-corrected chi connectivity index (χ1v) is 23.1. The fourth-order valence-electron chi connectivity index (χ4n) is 10.3. The monoisotopic (exact) mass is 866 g/mol. The number of sulfonamides is 1. The summed E-state index contributed by atoms with van der Waals surface area (Å²) < 4.78 is 41.8. The van der Waals surface area contributed by atoms with Crippen LogP contribution in [0, 0.1) is 15.5 Å². The number of nitrogens with zero attached hydrogens (tertiary/aromatic N) is 5. The largest absolute Gasteiger partial charge is 0.474 e. The summed E-state index contributed by atoms with van der Waals surface area (Å²) in [5, 5.41) is 15.4. The molecule has 322 valence electrons. The predicted octanol–water partition coefficient (Wildman–Crippen LogP) is 7.88. The van der Waals surface area contributed by atoms with E-state index in [0.29, 0.717) is 29.9 Å². The van der Waals surface area contributed by atoms with E-state index in [-0.39, 0.29) is 40.9 Å². The van der Waals surface area contributed by atoms with Gasteiger partial charge in [-0.05, 0) is 98.4 Å². The van der Waals surface area contributed by atoms with Crippen LogP contribution in [0.1, 0.15) is 77.5 Å². The Morgan fingerprint density at radius 1 is 0.984 bits per heavy atom. The SMILES string of the molecule is O=C(NS(=O)(=O)c1cc([N+](=O)[O-])c2c(n1)OC[C@H](Cc1ccccc1)N2)c1ccc(N2CC3(CC(N4CCCC4c4ccccc4C4CC4)C3)C2)cc1Oc1cnc2[nH]ccc2c1. The molecule has 3 aromatic carbocycles. The number of likely N-dealkylation sites (tertiary alicyclic amines) is 1. The lowest BCUT2D eigenvalue weighted by Crippen LogP contribution is -2.66. The molecule has 1 amide bonds. The molecule has 2 aliphatic carbocycles. The molecule has 63 heavy (non-hydrogen) atoms. The highest BCUT2D eigenvalue weighted by Gasteiger charge is 2.55. The smallest absolute Gasteiger partial charge is 0.300 e. The maximum absolute atomic E-state index is 14.0. The lowest BCUT2D eigenvalue weighted by Gasteiger charge is -2.62. The van der Waals surface area contributed by atoms with Gasteiger partial charge in [-0.15, -0.1) is 0 Å². The lowest BCUT2D eigenvalue weighted by molar-refractivity contribution is -0.384. The van der Waals surface area contributed by atoms with Gasteiger partial charge in [0.25, 0.3) is 15.9 Å². The van der Waals surface area contributed by atoms with E-state index in [0.717, 1.165) is 61.1 Å². The summed E-state index contributed by atoms with van der Waals surface area (Å²) in [6.07, 6.45) is 11.1. The van der Waals surface area contributed by atoms with Gasteiger partial charge in [-0.3, -0.25) is 19.8 Å². The summed E-state index contributed by atoms with van der Waals surface area (Å²) >= 11 is 0. The number of nitrogens with one attached hydrogen (secondary N) is 3. The average molecular weight is 867 g/mol. The number of fused-ring (bicyclic) bond motifs is 2. The van der Waals surface area contributed by atoms with E-state index < -0.39 is 31.6 Å². The van der Waals surface area contributed by atoms with E-state index in [1.807, 2.05) is 36.4 Å². The summed E-state index contributed by atoms with van der Waals surface area (Å²) in [4.78, 5) is 42.2. The zero-order chi connectivity index (χ0) is 42.9. The van der Waals surface area contributed by atoms with Crippen molar-refractivity contribution in [2.75, 3.05) is 36.5 Å². The highest BCUT2D eigenvalue weighted by atomic mass is 32.2. The van der Waals surface area contributed by atoms with Crippen molar-refractivity contribution in [3.05, 3.63) is 136 Å². The van der Waals surface area contributed by atoms with Gasteiger partial charge >= 0.3 is 5.69 Å². The predicted molar refractivity (Wildman–Crippen MR) is 236 cm³/mol. The molecule has 2 atom stereocenters. The second-order valence-electron chi connectivity index (χ2n) is 17.8. The number of ether oxygens (including phenoxy) is 2. The molecule has 0 radical (unpaired) electrons. The van der Waals surface area contributed by atoms with Crippen LogP contribution in [0.5, 0.6) is 17.4 Å². The minimum Gasteiger partial charge on any atom is -0.474 e. The first-order chi connectivity index (χ1) is 30.6. The van der Waals surface area contributed by atoms with Crippen LogP contribution in [0.4, 0.5) is 17.1 Å². The van der Waals surface area contributed by atoms with Crippen molar-refractivity contribution in [2.24, 2.45) is 5.41 Å². The van der Waals surface area contributed by atoms with Crippen molar-refractivity contribution in [2.45, 2.75) is 74.0 Å². The molecule has 2 saturated carbocycles. The molecule has 1 unspecified atom stereocenters. The van der Waals surface area contributed by atoms with E-state index in [1.54, 1.807) is 36.0 Å². The van der Waals surface area contributed by atoms with Crippen molar-refractivity contribution in [3.8, 4) is 17.4 Å². The first-order valence-electron chi connectivity index (χ1n) is 21.6. The molecule has 15 nitrogen and oxygen atoms in total. The zero-order valence-corrected chi connectivity index (χ0v) is 35.2. The zero-order valence-electron chi connectivity index (χ0n) is 34.4. The molecule has 5 aliphatic rings. The van der Waals surface area contributed by atoms with Gasteiger partial charge in [0.2, 0.25) is 5.88 Å². The molecule has 3 aliphatic heterocycles. The third kappa shape index (κ3) is 7.50. The summed E-state index contributed by atoms with van der Waals surface area (Å²) in [5.74, 6) is -0.0422. The maximum atomic E-state index is 14.0. The second kappa shape index (κ2) is 15.4. The van der Waals surface area contributed by atoms with E-state index in [9.17, 15) is 23.3 Å². The molecule has 16 heteroatoms. The molecule has 3 aromatic heterocycles. The standard InChI is InChI=1S/C47H46N8O7S/c56-45(52-63(59,60)42-22-40(55(57)58)43-46(51-42)61-26-32(50-43)19-29-7-2-1-3-8-29)38-15-14-33(21-41(38)62-35-20-31-16-17-48-44(31)49-25-35)53-27-47(28-53)23-34(24-47)54-18-6-11-39(54)37-10-5-4-9-36(37)30-12-13-30/h1-5,7-10,14-17,20-22,25,30,32,34,39,50H,6,11-13,18-19,23-24,26-28H2,(H,48,49)(H,52,56)/t32-,39?/m0/s1. The highest BCUT2D eigenvalue weighted by Crippen LogP contribution is 2.55. The number of aromatic nitrogens is 3. The van der Waals surface area contributed by atoms with Gasteiger partial charge in [-0.1, -0.05) is 54.6 Å². The van der Waals surface area contributed by atoms with Gasteiger partial charge in [0.15, 0.2) is 10.7 Å². The molecule has 6 heterocycles. The Bertz CT molecular complexity index is 2870. The Morgan fingerprint density at radius 2 is 1.78 bits per heavy atom. The van der Waals surface area contributed by atoms with Crippen LogP contribution in [0.25, 0.3) is 11.0 Å². The Balaban J connectivity index is 0.814. The molecule has 11 rings (SSSR count). The molecular formula is C47H46N8O7S. The van der Waals surface area contributed by atoms with Crippen molar-refractivity contribution in [3.63, 3.8) is 0 Å². The van der Waals surface area contributed by atoms with Gasteiger partial charge in [-0.25, -0.2) is 9.71 Å². The second-order valence-corrected chi connectivity index (χ2v) is 19.4. The Hall–Kier alpha value is -6.52. The maximum Gasteiger partial charge on any atom is 0.300 e. The summed E-state index contributed by atoms with van der Waals surface area (Å²) in [6.45, 7) is 2.95. The number of carbonyl (C=O) groups is 1. The molecule has 6 aromatic rings. The minimum atomic E-state index is -4.75. The number of carbonyl (C=O) groups excluding carboxylic acids is 1. The molecule has 3 N–H and O–H groups in total. The van der Waals surface area contributed by atoms with Gasteiger partial charge in [0.1, 0.15) is 23.8 Å². The molecule has 4 fully saturated rings.